The van der Waals surface area contributed by atoms with E-state index in [1.54, 1.807) is 12.1 Å². The van der Waals surface area contributed by atoms with Gasteiger partial charge in [-0.2, -0.15) is 0 Å². The van der Waals surface area contributed by atoms with E-state index in [1.165, 1.54) is 32.6 Å². The zero-order valence-corrected chi connectivity index (χ0v) is 13.4. The van der Waals surface area contributed by atoms with Crippen molar-refractivity contribution < 1.29 is 13.9 Å². The molecule has 2 rings (SSSR count). The summed E-state index contributed by atoms with van der Waals surface area (Å²) in [6, 6.07) is 4.68. The van der Waals surface area contributed by atoms with E-state index >= 15 is 0 Å². The Morgan fingerprint density at radius 2 is 1.77 bits per heavy atom. The molecular formula is C15H13Cl2FN2O2. The molecule has 1 heterocycles. The molecule has 0 radical (unpaired) electrons. The van der Waals surface area contributed by atoms with Gasteiger partial charge in [0.05, 0.1) is 29.8 Å². The molecule has 0 bridgehead atoms. The zero-order chi connectivity index (χ0) is 16.3. The number of hydrogen-bond donors (Lipinski definition) is 1. The Morgan fingerprint density at radius 3 is 2.23 bits per heavy atom. The van der Waals surface area contributed by atoms with Crippen LogP contribution in [0.25, 0.3) is 11.9 Å². The fourth-order valence-corrected chi connectivity index (χ4v) is 2.50. The van der Waals surface area contributed by atoms with Gasteiger partial charge in [-0.05, 0) is 23.8 Å². The summed E-state index contributed by atoms with van der Waals surface area (Å²) in [6.45, 7) is 0. The number of halogens is 3. The molecule has 0 saturated heterocycles. The average molecular weight is 343 g/mol. The minimum atomic E-state index is -0.640. The summed E-state index contributed by atoms with van der Waals surface area (Å²) in [5.74, 6) is 0.226. The van der Waals surface area contributed by atoms with E-state index in [2.05, 4.69) is 4.98 Å². The van der Waals surface area contributed by atoms with Crippen molar-refractivity contribution in [2.45, 2.75) is 0 Å². The van der Waals surface area contributed by atoms with Crippen LogP contribution >= 0.6 is 23.2 Å². The zero-order valence-electron chi connectivity index (χ0n) is 11.9. The number of methoxy groups -OCH3 is 2. The van der Waals surface area contributed by atoms with Crippen molar-refractivity contribution >= 4 is 40.9 Å². The molecule has 0 aliphatic carbocycles. The smallest absolute Gasteiger partial charge is 0.141 e. The minimum absolute atomic E-state index is 0.00337. The van der Waals surface area contributed by atoms with Crippen LogP contribution in [0.5, 0.6) is 11.5 Å². The molecule has 2 N–H and O–H groups in total. The maximum absolute atomic E-state index is 14.6. The number of nitrogens with zero attached hydrogens (tertiary/aromatic N) is 1. The molecule has 0 fully saturated rings. The molecule has 1 aromatic carbocycles. The maximum Gasteiger partial charge on any atom is 0.141 e. The Morgan fingerprint density at radius 1 is 1.18 bits per heavy atom. The maximum atomic E-state index is 14.6. The number of rotatable bonds is 4. The Kier molecular flexibility index (Phi) is 5.11. The number of aromatic nitrogens is 1. The van der Waals surface area contributed by atoms with E-state index in [-0.39, 0.29) is 27.1 Å². The number of nitrogens with two attached hydrogens (primary N) is 1. The van der Waals surface area contributed by atoms with Crippen molar-refractivity contribution in [2.24, 2.45) is 0 Å². The lowest BCUT2D eigenvalue weighted by molar-refractivity contribution is 0.394. The first-order chi connectivity index (χ1) is 10.5. The predicted molar refractivity (Wildman–Crippen MR) is 87.2 cm³/mol. The second-order valence-electron chi connectivity index (χ2n) is 4.29. The number of ether oxygens (including phenoxy) is 2. The molecule has 1 aromatic heterocycles. The molecule has 2 aromatic rings. The van der Waals surface area contributed by atoms with Crippen LogP contribution in [-0.4, -0.2) is 19.2 Å². The van der Waals surface area contributed by atoms with Crippen molar-refractivity contribution in [3.8, 4) is 11.5 Å². The van der Waals surface area contributed by atoms with Crippen LogP contribution < -0.4 is 15.2 Å². The third kappa shape index (κ3) is 3.26. The normalized spacial score (nSPS) is 11.4. The summed E-state index contributed by atoms with van der Waals surface area (Å²) in [5.41, 5.74) is 6.00. The summed E-state index contributed by atoms with van der Waals surface area (Å²) in [7, 11) is 2.84. The van der Waals surface area contributed by atoms with Crippen molar-refractivity contribution in [3.63, 3.8) is 0 Å². The van der Waals surface area contributed by atoms with E-state index in [0.717, 1.165) is 0 Å². The minimum Gasteiger partial charge on any atom is -0.495 e. The first-order valence-corrected chi connectivity index (χ1v) is 6.92. The molecule has 116 valence electrons. The second-order valence-corrected chi connectivity index (χ2v) is 5.05. The van der Waals surface area contributed by atoms with Crippen molar-refractivity contribution in [3.05, 3.63) is 45.6 Å². The van der Waals surface area contributed by atoms with E-state index in [0.29, 0.717) is 11.4 Å². The fourth-order valence-electron chi connectivity index (χ4n) is 1.82. The van der Waals surface area contributed by atoms with Gasteiger partial charge in [-0.3, -0.25) is 0 Å². The Labute approximate surface area is 137 Å². The highest BCUT2D eigenvalue weighted by molar-refractivity contribution is 6.39. The van der Waals surface area contributed by atoms with Gasteiger partial charge in [0.15, 0.2) is 0 Å². The van der Waals surface area contributed by atoms with Crippen LogP contribution in [0.15, 0.2) is 24.4 Å². The summed E-state index contributed by atoms with van der Waals surface area (Å²) in [5, 5.41) is 0.121. The summed E-state index contributed by atoms with van der Waals surface area (Å²) >= 11 is 12.3. The van der Waals surface area contributed by atoms with Gasteiger partial charge in [-0.1, -0.05) is 23.2 Å². The van der Waals surface area contributed by atoms with Gasteiger partial charge in [0.25, 0.3) is 0 Å². The summed E-state index contributed by atoms with van der Waals surface area (Å²) in [6.07, 6.45) is 2.69. The van der Waals surface area contributed by atoms with Crippen molar-refractivity contribution in [1.82, 2.24) is 4.98 Å². The number of nitrogen functional groups attached to an aromatic ring is 1. The van der Waals surface area contributed by atoms with Gasteiger partial charge in [-0.25, -0.2) is 9.37 Å². The van der Waals surface area contributed by atoms with Crippen LogP contribution in [0.3, 0.4) is 0 Å². The SMILES string of the molecule is COc1cc(OC)c(Cl)c(/C(F)=C/c2ccc(N)nc2)c1Cl. The van der Waals surface area contributed by atoms with Crippen LogP contribution in [-0.2, 0) is 0 Å². The standard InChI is InChI=1S/C15H13Cl2FN2O2/c1-21-10-6-11(22-2)15(17)13(14(10)16)9(18)5-8-3-4-12(19)20-7-8/h3-7H,1-2H3,(H2,19,20)/b9-5-. The Hall–Kier alpha value is -1.98. The van der Waals surface area contributed by atoms with Crippen LogP contribution in [0.2, 0.25) is 10.0 Å². The van der Waals surface area contributed by atoms with Crippen LogP contribution in [0.1, 0.15) is 11.1 Å². The van der Waals surface area contributed by atoms with Crippen molar-refractivity contribution in [2.75, 3.05) is 20.0 Å². The molecule has 7 heteroatoms. The Bertz CT molecular complexity index is 690. The highest BCUT2D eigenvalue weighted by Gasteiger charge is 2.20. The fraction of sp³-hybridized carbons (Fsp3) is 0.133. The molecule has 4 nitrogen and oxygen atoms in total. The number of hydrogen-bond acceptors (Lipinski definition) is 4. The molecule has 0 spiro atoms. The van der Waals surface area contributed by atoms with Gasteiger partial charge < -0.3 is 15.2 Å². The van der Waals surface area contributed by atoms with Gasteiger partial charge >= 0.3 is 0 Å². The monoisotopic (exact) mass is 342 g/mol. The molecule has 0 amide bonds. The lowest BCUT2D eigenvalue weighted by Crippen LogP contribution is -1.94. The van der Waals surface area contributed by atoms with E-state index in [9.17, 15) is 4.39 Å². The van der Waals surface area contributed by atoms with Crippen LogP contribution in [0.4, 0.5) is 10.2 Å². The highest BCUT2D eigenvalue weighted by Crippen LogP contribution is 2.44. The number of pyridine rings is 1. The number of anilines is 1. The quantitative estimate of drug-likeness (QED) is 0.891. The average Bonchev–Trinajstić information content (AvgIpc) is 2.50. The lowest BCUT2D eigenvalue weighted by atomic mass is 10.1. The summed E-state index contributed by atoms with van der Waals surface area (Å²) in [4.78, 5) is 3.89. The van der Waals surface area contributed by atoms with Gasteiger partial charge in [0.1, 0.15) is 23.1 Å². The topological polar surface area (TPSA) is 57.4 Å². The van der Waals surface area contributed by atoms with Gasteiger partial charge in [0, 0.05) is 12.3 Å². The second kappa shape index (κ2) is 6.85. The number of benzene rings is 1. The third-order valence-corrected chi connectivity index (χ3v) is 3.67. The van der Waals surface area contributed by atoms with Crippen molar-refractivity contribution in [1.29, 1.82) is 0 Å². The Balaban J connectivity index is 2.57. The third-order valence-electron chi connectivity index (χ3n) is 2.92. The molecular weight excluding hydrogens is 330 g/mol. The summed E-state index contributed by atoms with van der Waals surface area (Å²) < 4.78 is 24.8. The lowest BCUT2D eigenvalue weighted by Gasteiger charge is -2.13. The van der Waals surface area contributed by atoms with E-state index in [4.69, 9.17) is 38.4 Å². The van der Waals surface area contributed by atoms with Gasteiger partial charge in [-0.15, -0.1) is 0 Å². The van der Waals surface area contributed by atoms with Crippen LogP contribution in [0, 0.1) is 0 Å². The van der Waals surface area contributed by atoms with E-state index < -0.39 is 5.83 Å². The molecule has 0 saturated carbocycles. The molecule has 0 aliphatic heterocycles. The largest absolute Gasteiger partial charge is 0.495 e. The highest BCUT2D eigenvalue weighted by atomic mass is 35.5. The molecule has 0 unspecified atom stereocenters. The molecule has 22 heavy (non-hydrogen) atoms. The molecule has 0 atom stereocenters. The first kappa shape index (κ1) is 16.4. The van der Waals surface area contributed by atoms with E-state index in [1.807, 2.05) is 0 Å². The van der Waals surface area contributed by atoms with Gasteiger partial charge in [0.2, 0.25) is 0 Å². The predicted octanol–water partition coefficient (Wildman–Crippen LogP) is 4.46. The molecule has 0 aliphatic rings. The first-order valence-electron chi connectivity index (χ1n) is 6.17.